The number of allylic oxidation sites excluding steroid dienone is 1. The standard InChI is InChI=1S/C26H28O6/c1-2-11-31-26(28)24-16-19(17-25(32-24)30-14-13-29-12-10-27)21-8-5-9-22-20-7-4-3-6-18(20)15-23(21)22/h2-9,16,19,25,27H,1,10-15,17H2/t19-,25+/m0/s1. The van der Waals surface area contributed by atoms with Crippen molar-refractivity contribution in [2.24, 2.45) is 0 Å². The molecule has 0 saturated carbocycles. The van der Waals surface area contributed by atoms with Crippen LogP contribution < -0.4 is 0 Å². The summed E-state index contributed by atoms with van der Waals surface area (Å²) in [7, 11) is 0. The van der Waals surface area contributed by atoms with Crippen LogP contribution in [-0.2, 0) is 30.2 Å². The molecule has 2 aliphatic rings. The van der Waals surface area contributed by atoms with Crippen LogP contribution in [0.3, 0.4) is 0 Å². The average Bonchev–Trinajstić information content (AvgIpc) is 3.21. The van der Waals surface area contributed by atoms with Gasteiger partial charge in [0.2, 0.25) is 12.0 Å². The number of hydrogen-bond acceptors (Lipinski definition) is 6. The molecule has 1 heterocycles. The molecule has 4 rings (SSSR count). The maximum absolute atomic E-state index is 12.5. The minimum atomic E-state index is -0.603. The molecule has 0 saturated heterocycles. The number of rotatable bonds is 10. The molecule has 0 amide bonds. The van der Waals surface area contributed by atoms with Crippen molar-refractivity contribution in [1.29, 1.82) is 0 Å². The summed E-state index contributed by atoms with van der Waals surface area (Å²) in [6.07, 6.45) is 4.20. The number of hydrogen-bond donors (Lipinski definition) is 1. The van der Waals surface area contributed by atoms with E-state index >= 15 is 0 Å². The van der Waals surface area contributed by atoms with Crippen LogP contribution in [0.2, 0.25) is 0 Å². The van der Waals surface area contributed by atoms with Gasteiger partial charge in [-0.05, 0) is 40.3 Å². The van der Waals surface area contributed by atoms with Gasteiger partial charge in [0, 0.05) is 12.3 Å². The van der Waals surface area contributed by atoms with E-state index in [0.29, 0.717) is 19.6 Å². The second-order valence-corrected chi connectivity index (χ2v) is 7.72. The Morgan fingerprint density at radius 2 is 1.97 bits per heavy atom. The molecule has 0 bridgehead atoms. The number of carbonyl (C=O) groups excluding carboxylic acids is 1. The van der Waals surface area contributed by atoms with E-state index in [1.54, 1.807) is 0 Å². The normalized spacial score (nSPS) is 18.8. The van der Waals surface area contributed by atoms with Crippen molar-refractivity contribution in [2.45, 2.75) is 25.0 Å². The first kappa shape index (κ1) is 22.3. The highest BCUT2D eigenvalue weighted by Gasteiger charge is 2.32. The largest absolute Gasteiger partial charge is 0.458 e. The third-order valence-corrected chi connectivity index (χ3v) is 5.64. The topological polar surface area (TPSA) is 74.2 Å². The van der Waals surface area contributed by atoms with E-state index in [0.717, 1.165) is 6.42 Å². The van der Waals surface area contributed by atoms with Crippen molar-refractivity contribution in [3.63, 3.8) is 0 Å². The second-order valence-electron chi connectivity index (χ2n) is 7.72. The molecule has 168 valence electrons. The van der Waals surface area contributed by atoms with E-state index in [9.17, 15) is 4.79 Å². The molecule has 0 spiro atoms. The van der Waals surface area contributed by atoms with E-state index in [4.69, 9.17) is 24.1 Å². The monoisotopic (exact) mass is 436 g/mol. The van der Waals surface area contributed by atoms with Crippen LogP contribution in [0, 0.1) is 0 Å². The highest BCUT2D eigenvalue weighted by atomic mass is 16.7. The number of esters is 1. The lowest BCUT2D eigenvalue weighted by Crippen LogP contribution is -2.29. The Hall–Kier alpha value is -2.93. The quantitative estimate of drug-likeness (QED) is 0.297. The Morgan fingerprint density at radius 3 is 2.81 bits per heavy atom. The second kappa shape index (κ2) is 10.6. The van der Waals surface area contributed by atoms with Crippen LogP contribution in [-0.4, -0.2) is 50.4 Å². The van der Waals surface area contributed by atoms with Crippen LogP contribution >= 0.6 is 0 Å². The number of ether oxygens (including phenoxy) is 4. The van der Waals surface area contributed by atoms with Crippen LogP contribution in [0.4, 0.5) is 0 Å². The lowest BCUT2D eigenvalue weighted by molar-refractivity contribution is -0.163. The Labute approximate surface area is 188 Å². The average molecular weight is 437 g/mol. The summed E-state index contributed by atoms with van der Waals surface area (Å²) in [6.45, 7) is 4.55. The van der Waals surface area contributed by atoms with Crippen LogP contribution in [0.5, 0.6) is 0 Å². The summed E-state index contributed by atoms with van der Waals surface area (Å²) in [6, 6.07) is 14.8. The molecule has 0 radical (unpaired) electrons. The Bertz CT molecular complexity index is 996. The first-order valence-electron chi connectivity index (χ1n) is 10.9. The number of aliphatic hydroxyl groups is 1. The summed E-state index contributed by atoms with van der Waals surface area (Å²) < 4.78 is 22.1. The number of carbonyl (C=O) groups is 1. The molecule has 0 aromatic heterocycles. The number of fused-ring (bicyclic) bond motifs is 3. The maximum atomic E-state index is 12.5. The summed E-state index contributed by atoms with van der Waals surface area (Å²) in [5, 5.41) is 8.83. The van der Waals surface area contributed by atoms with Gasteiger partial charge in [0.1, 0.15) is 6.61 Å². The summed E-state index contributed by atoms with van der Waals surface area (Å²) in [5.41, 5.74) is 6.26. The van der Waals surface area contributed by atoms with Crippen LogP contribution in [0.15, 0.2) is 67.0 Å². The fourth-order valence-electron chi connectivity index (χ4n) is 4.26. The molecule has 1 aliphatic heterocycles. The van der Waals surface area contributed by atoms with Gasteiger partial charge in [0.25, 0.3) is 0 Å². The predicted octanol–water partition coefficient (Wildman–Crippen LogP) is 3.73. The van der Waals surface area contributed by atoms with Gasteiger partial charge in [0.05, 0.1) is 26.4 Å². The zero-order valence-electron chi connectivity index (χ0n) is 18.0. The van der Waals surface area contributed by atoms with Crippen molar-refractivity contribution in [1.82, 2.24) is 0 Å². The third kappa shape index (κ3) is 4.93. The molecule has 6 heteroatoms. The Kier molecular flexibility index (Phi) is 7.37. The first-order valence-corrected chi connectivity index (χ1v) is 10.9. The van der Waals surface area contributed by atoms with Gasteiger partial charge in [-0.25, -0.2) is 4.79 Å². The molecule has 2 aromatic rings. The molecule has 6 nitrogen and oxygen atoms in total. The molecule has 2 atom stereocenters. The van der Waals surface area contributed by atoms with Crippen LogP contribution in [0.25, 0.3) is 11.1 Å². The zero-order chi connectivity index (χ0) is 22.3. The molecule has 2 aromatic carbocycles. The lowest BCUT2D eigenvalue weighted by atomic mass is 9.87. The minimum Gasteiger partial charge on any atom is -0.458 e. The van der Waals surface area contributed by atoms with E-state index in [2.05, 4.69) is 49.0 Å². The molecule has 32 heavy (non-hydrogen) atoms. The smallest absolute Gasteiger partial charge is 0.373 e. The molecule has 1 N–H and O–H groups in total. The molecule has 0 fully saturated rings. The van der Waals surface area contributed by atoms with E-state index in [1.807, 2.05) is 6.08 Å². The summed E-state index contributed by atoms with van der Waals surface area (Å²) in [5.74, 6) is -0.435. The lowest BCUT2D eigenvalue weighted by Gasteiger charge is -2.30. The fourth-order valence-corrected chi connectivity index (χ4v) is 4.26. The van der Waals surface area contributed by atoms with Crippen molar-refractivity contribution in [3.05, 3.63) is 83.6 Å². The van der Waals surface area contributed by atoms with Gasteiger partial charge in [-0.2, -0.15) is 0 Å². The van der Waals surface area contributed by atoms with Gasteiger partial charge in [-0.1, -0.05) is 55.1 Å². The molecule has 0 unspecified atom stereocenters. The minimum absolute atomic E-state index is 0.0362. The fraction of sp³-hybridized carbons (Fsp3) is 0.346. The molecular weight excluding hydrogens is 408 g/mol. The van der Waals surface area contributed by atoms with E-state index < -0.39 is 12.3 Å². The highest BCUT2D eigenvalue weighted by Crippen LogP contribution is 2.42. The zero-order valence-corrected chi connectivity index (χ0v) is 18.0. The van der Waals surface area contributed by atoms with Crippen LogP contribution in [0.1, 0.15) is 29.0 Å². The number of benzene rings is 2. The van der Waals surface area contributed by atoms with Gasteiger partial charge in [-0.15, -0.1) is 0 Å². The predicted molar refractivity (Wildman–Crippen MR) is 120 cm³/mol. The van der Waals surface area contributed by atoms with Crippen molar-refractivity contribution in [3.8, 4) is 11.1 Å². The van der Waals surface area contributed by atoms with Gasteiger partial charge in [-0.3, -0.25) is 0 Å². The van der Waals surface area contributed by atoms with Gasteiger partial charge in [0.15, 0.2) is 0 Å². The van der Waals surface area contributed by atoms with Gasteiger partial charge >= 0.3 is 5.97 Å². The highest BCUT2D eigenvalue weighted by molar-refractivity contribution is 5.87. The molecule has 1 aliphatic carbocycles. The molecular formula is C26H28O6. The van der Waals surface area contributed by atoms with Gasteiger partial charge < -0.3 is 24.1 Å². The third-order valence-electron chi connectivity index (χ3n) is 5.64. The SMILES string of the molecule is C=CCOC(=O)C1=C[C@H](c2cccc3c2Cc2ccccc2-3)C[C@H](OCCOCCO)O1. The summed E-state index contributed by atoms with van der Waals surface area (Å²) in [4.78, 5) is 12.5. The Morgan fingerprint density at radius 1 is 1.12 bits per heavy atom. The first-order chi connectivity index (χ1) is 15.7. The maximum Gasteiger partial charge on any atom is 0.373 e. The van der Waals surface area contributed by atoms with Crippen molar-refractivity contribution < 1.29 is 28.8 Å². The van der Waals surface area contributed by atoms with Crippen molar-refractivity contribution in [2.75, 3.05) is 33.0 Å². The van der Waals surface area contributed by atoms with Crippen molar-refractivity contribution >= 4 is 5.97 Å². The number of aliphatic hydroxyl groups excluding tert-OH is 1. The van der Waals surface area contributed by atoms with E-state index in [1.165, 1.54) is 33.9 Å². The summed E-state index contributed by atoms with van der Waals surface area (Å²) >= 11 is 0. The van der Waals surface area contributed by atoms with E-state index in [-0.39, 0.29) is 31.5 Å². The Balaban J connectivity index is 1.57.